The van der Waals surface area contributed by atoms with E-state index in [1.807, 2.05) is 29.6 Å². The van der Waals surface area contributed by atoms with Crippen molar-refractivity contribution in [3.63, 3.8) is 0 Å². The third-order valence-electron chi connectivity index (χ3n) is 4.48. The van der Waals surface area contributed by atoms with Gasteiger partial charge >= 0.3 is 0 Å². The number of hydrogen-bond acceptors (Lipinski definition) is 5. The zero-order valence-corrected chi connectivity index (χ0v) is 14.4. The number of carbonyl (C=O) groups is 1. The number of nitrogens with zero attached hydrogens (tertiary/aromatic N) is 2. The third-order valence-corrected chi connectivity index (χ3v) is 5.42. The largest absolute Gasteiger partial charge is 0.486 e. The number of ether oxygens (including phenoxy) is 2. The molecule has 0 bridgehead atoms. The number of fused-ring (bicyclic) bond motifs is 1. The Balaban J connectivity index is 1.61. The number of anilines is 1. The summed E-state index contributed by atoms with van der Waals surface area (Å²) in [5, 5.41) is 2.75. The van der Waals surface area contributed by atoms with Gasteiger partial charge in [0, 0.05) is 12.0 Å². The Hall–Kier alpha value is -1.92. The fourth-order valence-electron chi connectivity index (χ4n) is 3.15. The lowest BCUT2D eigenvalue weighted by atomic mass is 10.1. The number of benzene rings is 1. The van der Waals surface area contributed by atoms with Crippen LogP contribution in [0.4, 0.5) is 5.69 Å². The van der Waals surface area contributed by atoms with E-state index in [-0.39, 0.29) is 18.1 Å². The smallest absolute Gasteiger partial charge is 0.277 e. The molecule has 1 aromatic heterocycles. The molecule has 2 aliphatic rings. The van der Waals surface area contributed by atoms with Gasteiger partial charge in [-0.1, -0.05) is 19.1 Å². The number of amides is 1. The lowest BCUT2D eigenvalue weighted by molar-refractivity contribution is 0.0947. The zero-order valence-electron chi connectivity index (χ0n) is 13.6. The molecule has 5 nitrogen and oxygen atoms in total. The highest BCUT2D eigenvalue weighted by molar-refractivity contribution is 7.09. The molecule has 0 aliphatic carbocycles. The van der Waals surface area contributed by atoms with E-state index in [0.29, 0.717) is 12.2 Å². The Morgan fingerprint density at radius 3 is 3.08 bits per heavy atom. The highest BCUT2D eigenvalue weighted by atomic mass is 32.1. The van der Waals surface area contributed by atoms with Gasteiger partial charge in [0.1, 0.15) is 28.7 Å². The molecule has 1 aromatic carbocycles. The lowest BCUT2D eigenvalue weighted by Gasteiger charge is -2.34. The highest BCUT2D eigenvalue weighted by Gasteiger charge is 2.31. The second-order valence-corrected chi connectivity index (χ2v) is 6.99. The third kappa shape index (κ3) is 2.80. The van der Waals surface area contributed by atoms with E-state index in [9.17, 15) is 4.79 Å². The zero-order chi connectivity index (χ0) is 16.5. The molecule has 0 spiro atoms. The molecule has 0 N–H and O–H groups in total. The van der Waals surface area contributed by atoms with Gasteiger partial charge in [0.15, 0.2) is 0 Å². The van der Waals surface area contributed by atoms with Crippen molar-refractivity contribution < 1.29 is 14.3 Å². The van der Waals surface area contributed by atoms with E-state index < -0.39 is 0 Å². The average molecular weight is 344 g/mol. The Morgan fingerprint density at radius 1 is 1.42 bits per heavy atom. The predicted molar refractivity (Wildman–Crippen MR) is 92.9 cm³/mol. The maximum atomic E-state index is 13.0. The summed E-state index contributed by atoms with van der Waals surface area (Å²) in [5.74, 6) is 0.697. The summed E-state index contributed by atoms with van der Waals surface area (Å²) in [6.45, 7) is 3.40. The van der Waals surface area contributed by atoms with Crippen molar-refractivity contribution >= 4 is 22.9 Å². The maximum Gasteiger partial charge on any atom is 0.277 e. The van der Waals surface area contributed by atoms with Gasteiger partial charge in [0.05, 0.1) is 12.2 Å². The quantitative estimate of drug-likeness (QED) is 0.849. The summed E-state index contributed by atoms with van der Waals surface area (Å²) in [5.41, 5.74) is 1.32. The summed E-state index contributed by atoms with van der Waals surface area (Å²) < 4.78 is 11.6. The van der Waals surface area contributed by atoms with E-state index >= 15 is 0 Å². The predicted octanol–water partition coefficient (Wildman–Crippen LogP) is 3.81. The number of aromatic nitrogens is 1. The van der Waals surface area contributed by atoms with Gasteiger partial charge < -0.3 is 9.47 Å². The monoisotopic (exact) mass is 344 g/mol. The van der Waals surface area contributed by atoms with Crippen molar-refractivity contribution in [3.05, 3.63) is 40.3 Å². The minimum atomic E-state index is -0.0651. The number of thiazole rings is 1. The molecule has 24 heavy (non-hydrogen) atoms. The van der Waals surface area contributed by atoms with Crippen molar-refractivity contribution in [2.75, 3.05) is 18.1 Å². The Bertz CT molecular complexity index is 739. The first-order valence-electron chi connectivity index (χ1n) is 8.41. The van der Waals surface area contributed by atoms with Crippen molar-refractivity contribution in [1.82, 2.24) is 4.98 Å². The van der Waals surface area contributed by atoms with Gasteiger partial charge in [-0.25, -0.2) is 4.98 Å². The van der Waals surface area contributed by atoms with Crippen LogP contribution in [0, 0.1) is 0 Å². The van der Waals surface area contributed by atoms with E-state index in [1.165, 1.54) is 11.3 Å². The molecular weight excluding hydrogens is 324 g/mol. The Kier molecular flexibility index (Phi) is 4.24. The Labute approximate surface area is 145 Å². The molecule has 0 saturated carbocycles. The first-order chi connectivity index (χ1) is 11.8. The van der Waals surface area contributed by atoms with Crippen LogP contribution in [0.2, 0.25) is 0 Å². The second-order valence-electron chi connectivity index (χ2n) is 6.10. The highest BCUT2D eigenvalue weighted by Crippen LogP contribution is 2.35. The SMILES string of the molecule is CC[C@@H]1CN(C(=O)c2csc([C@H]3CCCO3)n2)c2ccccc2O1. The minimum Gasteiger partial charge on any atom is -0.486 e. The molecule has 1 amide bonds. The molecule has 2 aromatic rings. The van der Waals surface area contributed by atoms with Crippen LogP contribution >= 0.6 is 11.3 Å². The van der Waals surface area contributed by atoms with Crippen molar-refractivity contribution in [2.24, 2.45) is 0 Å². The number of carbonyl (C=O) groups excluding carboxylic acids is 1. The van der Waals surface area contributed by atoms with Gasteiger partial charge in [-0.3, -0.25) is 9.69 Å². The first kappa shape index (κ1) is 15.6. The molecule has 2 atom stereocenters. The number of rotatable bonds is 3. The summed E-state index contributed by atoms with van der Waals surface area (Å²) in [7, 11) is 0. The summed E-state index contributed by atoms with van der Waals surface area (Å²) in [4.78, 5) is 19.4. The van der Waals surface area contributed by atoms with Crippen LogP contribution in [-0.2, 0) is 4.74 Å². The van der Waals surface area contributed by atoms with Gasteiger partial charge in [0.25, 0.3) is 5.91 Å². The fourth-order valence-corrected chi connectivity index (χ4v) is 4.02. The standard InChI is InChI=1S/C18H20N2O3S/c1-2-12-10-20(14-6-3-4-7-15(14)23-12)18(21)13-11-24-17(19-13)16-8-5-9-22-16/h3-4,6-7,11-12,16H,2,5,8-10H2,1H3/t12-,16-/m1/s1. The molecule has 126 valence electrons. The van der Waals surface area contributed by atoms with Crippen LogP contribution < -0.4 is 9.64 Å². The van der Waals surface area contributed by atoms with Gasteiger partial charge in [-0.15, -0.1) is 11.3 Å². The van der Waals surface area contributed by atoms with Crippen molar-refractivity contribution in [3.8, 4) is 5.75 Å². The molecule has 1 fully saturated rings. The van der Waals surface area contributed by atoms with Gasteiger partial charge in [0.2, 0.25) is 0 Å². The second kappa shape index (κ2) is 6.53. The first-order valence-corrected chi connectivity index (χ1v) is 9.29. The van der Waals surface area contributed by atoms with Gasteiger partial charge in [-0.2, -0.15) is 0 Å². The van der Waals surface area contributed by atoms with Crippen molar-refractivity contribution in [1.29, 1.82) is 0 Å². The maximum absolute atomic E-state index is 13.0. The normalized spacial score (nSPS) is 23.0. The molecule has 0 unspecified atom stereocenters. The van der Waals surface area contributed by atoms with E-state index in [0.717, 1.165) is 42.3 Å². The summed E-state index contributed by atoms with van der Waals surface area (Å²) in [6.07, 6.45) is 2.97. The fraction of sp³-hybridized carbons (Fsp3) is 0.444. The molecule has 1 saturated heterocycles. The molecule has 2 aliphatic heterocycles. The van der Waals surface area contributed by atoms with Crippen LogP contribution in [0.15, 0.2) is 29.6 Å². The van der Waals surface area contributed by atoms with Gasteiger partial charge in [-0.05, 0) is 31.4 Å². The Morgan fingerprint density at radius 2 is 2.29 bits per heavy atom. The van der Waals surface area contributed by atoms with Crippen molar-refractivity contribution in [2.45, 2.75) is 38.4 Å². The lowest BCUT2D eigenvalue weighted by Crippen LogP contribution is -2.43. The van der Waals surface area contributed by atoms with Crippen LogP contribution in [0.3, 0.4) is 0 Å². The van der Waals surface area contributed by atoms with Crippen LogP contribution in [0.1, 0.15) is 47.8 Å². The number of para-hydroxylation sites is 2. The van der Waals surface area contributed by atoms with Crippen LogP contribution in [0.5, 0.6) is 5.75 Å². The molecule has 6 heteroatoms. The topological polar surface area (TPSA) is 51.7 Å². The van der Waals surface area contributed by atoms with E-state index in [2.05, 4.69) is 11.9 Å². The number of hydrogen-bond donors (Lipinski definition) is 0. The van der Waals surface area contributed by atoms with E-state index in [4.69, 9.17) is 9.47 Å². The average Bonchev–Trinajstić information content (AvgIpc) is 3.31. The van der Waals surface area contributed by atoms with Crippen LogP contribution in [-0.4, -0.2) is 30.1 Å². The minimum absolute atomic E-state index is 0.0140. The molecular formula is C18H20N2O3S. The van der Waals surface area contributed by atoms with Crippen LogP contribution in [0.25, 0.3) is 0 Å². The molecule has 4 rings (SSSR count). The molecule has 3 heterocycles. The summed E-state index contributed by atoms with van der Waals surface area (Å²) in [6, 6.07) is 7.69. The summed E-state index contributed by atoms with van der Waals surface area (Å²) >= 11 is 1.51. The van der Waals surface area contributed by atoms with E-state index in [1.54, 1.807) is 4.90 Å². The molecule has 0 radical (unpaired) electrons.